The molecule has 0 spiro atoms. The van der Waals surface area contributed by atoms with Crippen molar-refractivity contribution in [3.05, 3.63) is 24.3 Å². The summed E-state index contributed by atoms with van der Waals surface area (Å²) in [6.07, 6.45) is 1.11. The number of hydrogen-bond donors (Lipinski definition) is 2. The van der Waals surface area contributed by atoms with Gasteiger partial charge in [-0.15, -0.1) is 0 Å². The van der Waals surface area contributed by atoms with Crippen molar-refractivity contribution in [2.75, 3.05) is 31.7 Å². The Bertz CT molecular complexity index is 671. The van der Waals surface area contributed by atoms with Crippen LogP contribution in [0, 0.1) is 0 Å². The van der Waals surface area contributed by atoms with Crippen LogP contribution in [0.4, 0.5) is 5.69 Å². The van der Waals surface area contributed by atoms with Crippen LogP contribution in [0.1, 0.15) is 13.8 Å². The summed E-state index contributed by atoms with van der Waals surface area (Å²) in [6.45, 7) is 3.85. The molecule has 0 aromatic heterocycles. The Labute approximate surface area is 137 Å². The molecule has 0 aliphatic carbocycles. The molecule has 1 aromatic rings. The largest absolute Gasteiger partial charge is 0.353 e. The summed E-state index contributed by atoms with van der Waals surface area (Å²) in [5.74, 6) is -0.482. The van der Waals surface area contributed by atoms with Crippen LogP contribution < -0.4 is 10.6 Å². The van der Waals surface area contributed by atoms with Crippen LogP contribution in [-0.4, -0.2) is 57.6 Å². The molecule has 0 saturated heterocycles. The molecule has 0 bridgehead atoms. The molecule has 128 valence electrons. The number of carbonyl (C=O) groups is 2. The molecule has 7 nitrogen and oxygen atoms in total. The number of rotatable bonds is 7. The van der Waals surface area contributed by atoms with Gasteiger partial charge in [-0.05, 0) is 39.1 Å². The van der Waals surface area contributed by atoms with Crippen LogP contribution in [0.15, 0.2) is 29.2 Å². The van der Waals surface area contributed by atoms with E-state index in [0.717, 1.165) is 6.26 Å². The summed E-state index contributed by atoms with van der Waals surface area (Å²) in [6, 6.07) is 6.08. The molecule has 0 saturated carbocycles. The molecule has 2 N–H and O–H groups in total. The lowest BCUT2D eigenvalue weighted by Crippen LogP contribution is -2.41. The highest BCUT2D eigenvalue weighted by Crippen LogP contribution is 2.15. The number of hydrogen-bond acceptors (Lipinski definition) is 5. The van der Waals surface area contributed by atoms with E-state index < -0.39 is 9.84 Å². The topological polar surface area (TPSA) is 95.6 Å². The average molecular weight is 341 g/mol. The smallest absolute Gasteiger partial charge is 0.238 e. The van der Waals surface area contributed by atoms with Gasteiger partial charge in [0.2, 0.25) is 11.8 Å². The molecular weight excluding hydrogens is 318 g/mol. The van der Waals surface area contributed by atoms with E-state index in [2.05, 4.69) is 10.6 Å². The number of nitrogens with zero attached hydrogens (tertiary/aromatic N) is 1. The number of carbonyl (C=O) groups excluding carboxylic acids is 2. The van der Waals surface area contributed by atoms with Crippen molar-refractivity contribution in [3.63, 3.8) is 0 Å². The molecule has 8 heteroatoms. The first-order valence-corrected chi connectivity index (χ1v) is 9.05. The monoisotopic (exact) mass is 341 g/mol. The van der Waals surface area contributed by atoms with Gasteiger partial charge < -0.3 is 10.6 Å². The molecule has 1 rings (SSSR count). The summed E-state index contributed by atoms with van der Waals surface area (Å²) in [5, 5.41) is 5.36. The molecule has 0 radical (unpaired) electrons. The van der Waals surface area contributed by atoms with Crippen LogP contribution in [0.3, 0.4) is 0 Å². The van der Waals surface area contributed by atoms with Gasteiger partial charge in [0.05, 0.1) is 18.0 Å². The van der Waals surface area contributed by atoms with Gasteiger partial charge in [0.1, 0.15) is 0 Å². The van der Waals surface area contributed by atoms with Gasteiger partial charge in [-0.25, -0.2) is 8.42 Å². The van der Waals surface area contributed by atoms with Gasteiger partial charge in [-0.2, -0.15) is 0 Å². The first-order chi connectivity index (χ1) is 10.6. The van der Waals surface area contributed by atoms with Crippen LogP contribution in [-0.2, 0) is 19.4 Å². The Morgan fingerprint density at radius 1 is 1.17 bits per heavy atom. The third-order valence-corrected chi connectivity index (χ3v) is 3.93. The molecule has 0 aliphatic heterocycles. The van der Waals surface area contributed by atoms with Crippen LogP contribution in [0.5, 0.6) is 0 Å². The van der Waals surface area contributed by atoms with Gasteiger partial charge in [-0.3, -0.25) is 14.5 Å². The highest BCUT2D eigenvalue weighted by atomic mass is 32.2. The SMILES string of the molecule is CC(C)NC(=O)CN(C)CC(=O)Nc1cccc(S(C)(=O)=O)c1. The van der Waals surface area contributed by atoms with Crippen LogP contribution >= 0.6 is 0 Å². The fourth-order valence-corrected chi connectivity index (χ4v) is 2.59. The van der Waals surface area contributed by atoms with E-state index >= 15 is 0 Å². The predicted octanol–water partition coefficient (Wildman–Crippen LogP) is 0.485. The van der Waals surface area contributed by atoms with Crippen molar-refractivity contribution < 1.29 is 18.0 Å². The number of amides is 2. The summed E-state index contributed by atoms with van der Waals surface area (Å²) in [7, 11) is -1.67. The first kappa shape index (κ1) is 19.1. The molecule has 23 heavy (non-hydrogen) atoms. The molecule has 0 unspecified atom stereocenters. The zero-order valence-corrected chi connectivity index (χ0v) is 14.6. The quantitative estimate of drug-likeness (QED) is 0.752. The fourth-order valence-electron chi connectivity index (χ4n) is 1.92. The van der Waals surface area contributed by atoms with E-state index in [9.17, 15) is 18.0 Å². The maximum absolute atomic E-state index is 12.0. The molecule has 0 atom stereocenters. The Kier molecular flexibility index (Phi) is 6.71. The minimum Gasteiger partial charge on any atom is -0.353 e. The second kappa shape index (κ2) is 8.07. The standard InChI is InChI=1S/C15H23N3O4S/c1-11(2)16-14(19)9-18(3)10-15(20)17-12-6-5-7-13(8-12)23(4,21)22/h5-8,11H,9-10H2,1-4H3,(H,16,19)(H,17,20). The zero-order valence-electron chi connectivity index (χ0n) is 13.8. The number of anilines is 1. The highest BCUT2D eigenvalue weighted by Gasteiger charge is 2.13. The normalized spacial score (nSPS) is 11.6. The third-order valence-electron chi connectivity index (χ3n) is 2.82. The van der Waals surface area contributed by atoms with E-state index in [-0.39, 0.29) is 35.8 Å². The zero-order chi connectivity index (χ0) is 17.6. The number of likely N-dealkylation sites (N-methyl/N-ethyl adjacent to an activating group) is 1. The molecular formula is C15H23N3O4S. The molecule has 0 aliphatic rings. The van der Waals surface area contributed by atoms with Gasteiger partial charge in [0.25, 0.3) is 0 Å². The van der Waals surface area contributed by atoms with Crippen LogP contribution in [0.25, 0.3) is 0 Å². The van der Waals surface area contributed by atoms with E-state index in [1.165, 1.54) is 12.1 Å². The van der Waals surface area contributed by atoms with E-state index in [0.29, 0.717) is 5.69 Å². The first-order valence-electron chi connectivity index (χ1n) is 7.16. The Hall–Kier alpha value is -1.93. The molecule has 0 heterocycles. The second-order valence-corrected chi connectivity index (χ2v) is 7.76. The Morgan fingerprint density at radius 2 is 1.78 bits per heavy atom. The fraction of sp³-hybridized carbons (Fsp3) is 0.467. The van der Waals surface area contributed by atoms with Crippen LogP contribution in [0.2, 0.25) is 0 Å². The Morgan fingerprint density at radius 3 is 2.35 bits per heavy atom. The highest BCUT2D eigenvalue weighted by molar-refractivity contribution is 7.90. The van der Waals surface area contributed by atoms with Gasteiger partial charge in [0.15, 0.2) is 9.84 Å². The lowest BCUT2D eigenvalue weighted by Gasteiger charge is -2.17. The molecule has 1 aromatic carbocycles. The lowest BCUT2D eigenvalue weighted by molar-refractivity contribution is -0.123. The van der Waals surface area contributed by atoms with Crippen molar-refractivity contribution in [2.45, 2.75) is 24.8 Å². The lowest BCUT2D eigenvalue weighted by atomic mass is 10.3. The van der Waals surface area contributed by atoms with Crippen molar-refractivity contribution in [2.24, 2.45) is 0 Å². The second-order valence-electron chi connectivity index (χ2n) is 5.74. The average Bonchev–Trinajstić information content (AvgIpc) is 2.36. The maximum atomic E-state index is 12.0. The minimum absolute atomic E-state index is 0.0224. The predicted molar refractivity (Wildman–Crippen MR) is 89.0 cm³/mol. The Balaban J connectivity index is 2.58. The number of sulfone groups is 1. The van der Waals surface area contributed by atoms with Crippen molar-refractivity contribution >= 4 is 27.3 Å². The molecule has 0 fully saturated rings. The summed E-state index contributed by atoms with van der Waals surface area (Å²) >= 11 is 0. The minimum atomic E-state index is -3.33. The maximum Gasteiger partial charge on any atom is 0.238 e. The third kappa shape index (κ3) is 7.25. The molecule has 2 amide bonds. The number of benzene rings is 1. The van der Waals surface area contributed by atoms with Crippen molar-refractivity contribution in [3.8, 4) is 0 Å². The summed E-state index contributed by atoms with van der Waals surface area (Å²) < 4.78 is 23.0. The van der Waals surface area contributed by atoms with E-state index in [1.807, 2.05) is 13.8 Å². The van der Waals surface area contributed by atoms with E-state index in [4.69, 9.17) is 0 Å². The van der Waals surface area contributed by atoms with Gasteiger partial charge >= 0.3 is 0 Å². The van der Waals surface area contributed by atoms with Gasteiger partial charge in [-0.1, -0.05) is 6.07 Å². The summed E-state index contributed by atoms with van der Waals surface area (Å²) in [5.41, 5.74) is 0.401. The van der Waals surface area contributed by atoms with Crippen molar-refractivity contribution in [1.82, 2.24) is 10.2 Å². The summed E-state index contributed by atoms with van der Waals surface area (Å²) in [4.78, 5) is 25.3. The van der Waals surface area contributed by atoms with Crippen molar-refractivity contribution in [1.29, 1.82) is 0 Å². The van der Waals surface area contributed by atoms with Gasteiger partial charge in [0, 0.05) is 18.0 Å². The van der Waals surface area contributed by atoms with E-state index in [1.54, 1.807) is 24.1 Å². The number of nitrogens with one attached hydrogen (secondary N) is 2.